The molecule has 0 fully saturated rings. The van der Waals surface area contributed by atoms with Crippen LogP contribution in [0.2, 0.25) is 0 Å². The number of carbonyl (C=O) groups excluding carboxylic acids is 1. The largest absolute Gasteiger partial charge is 0.480 e. The van der Waals surface area contributed by atoms with E-state index in [9.17, 15) is 9.59 Å². The van der Waals surface area contributed by atoms with Crippen LogP contribution in [0.3, 0.4) is 0 Å². The molecule has 1 amide bonds. The molecule has 2 N–H and O–H groups in total. The predicted molar refractivity (Wildman–Crippen MR) is 77.0 cm³/mol. The van der Waals surface area contributed by atoms with E-state index in [-0.39, 0.29) is 6.42 Å². The average molecular weight is 290 g/mol. The van der Waals surface area contributed by atoms with Crippen molar-refractivity contribution in [1.29, 1.82) is 0 Å². The van der Waals surface area contributed by atoms with E-state index >= 15 is 0 Å². The molecule has 1 aromatic carbocycles. The highest BCUT2D eigenvalue weighted by Crippen LogP contribution is 2.24. The fraction of sp³-hybridized carbons (Fsp3) is 0.400. The summed E-state index contributed by atoms with van der Waals surface area (Å²) in [4.78, 5) is 23.0. The number of amides is 1. The van der Waals surface area contributed by atoms with Crippen molar-refractivity contribution in [3.63, 3.8) is 0 Å². The molecular formula is C15H18N2O4. The van der Waals surface area contributed by atoms with Crippen molar-refractivity contribution >= 4 is 22.8 Å². The fourth-order valence-electron chi connectivity index (χ4n) is 2.17. The molecule has 0 saturated heterocycles. The number of aliphatic carboxylic acids is 1. The van der Waals surface area contributed by atoms with Gasteiger partial charge in [0, 0.05) is 5.39 Å². The number of rotatable bonds is 4. The maximum Gasteiger partial charge on any atom is 0.328 e. The monoisotopic (exact) mass is 290 g/mol. The van der Waals surface area contributed by atoms with E-state index in [1.54, 1.807) is 0 Å². The van der Waals surface area contributed by atoms with Gasteiger partial charge in [0.15, 0.2) is 5.58 Å². The third-order valence-corrected chi connectivity index (χ3v) is 3.29. The molecule has 0 spiro atoms. The zero-order valence-corrected chi connectivity index (χ0v) is 12.5. The van der Waals surface area contributed by atoms with Crippen LogP contribution in [0.25, 0.3) is 11.0 Å². The Bertz CT molecular complexity index is 716. The summed E-state index contributed by atoms with van der Waals surface area (Å²) in [6.07, 6.45) is -0.0212. The lowest BCUT2D eigenvalue weighted by atomic mass is 10.0. The third kappa shape index (κ3) is 3.04. The van der Waals surface area contributed by atoms with E-state index in [0.29, 0.717) is 11.3 Å². The van der Waals surface area contributed by atoms with Gasteiger partial charge in [0.05, 0.1) is 6.42 Å². The van der Waals surface area contributed by atoms with Crippen LogP contribution in [-0.4, -0.2) is 27.7 Å². The summed E-state index contributed by atoms with van der Waals surface area (Å²) >= 11 is 0. The van der Waals surface area contributed by atoms with E-state index in [1.165, 1.54) is 13.8 Å². The third-order valence-electron chi connectivity index (χ3n) is 3.29. The summed E-state index contributed by atoms with van der Waals surface area (Å²) in [7, 11) is 0. The van der Waals surface area contributed by atoms with Crippen molar-refractivity contribution in [2.75, 3.05) is 0 Å². The maximum atomic E-state index is 12.0. The van der Waals surface area contributed by atoms with Gasteiger partial charge < -0.3 is 14.9 Å². The van der Waals surface area contributed by atoms with Crippen molar-refractivity contribution in [2.24, 2.45) is 0 Å². The van der Waals surface area contributed by atoms with E-state index in [2.05, 4.69) is 10.5 Å². The standard InChI is InChI=1S/C15H18N2O4/c1-8-5-9(2)13-10(6-8)11(17-21-13)7-12(18)16-15(3,4)14(19)20/h5-6H,7H2,1-4H3,(H,16,18)(H,19,20). The van der Waals surface area contributed by atoms with Crippen molar-refractivity contribution in [3.05, 3.63) is 29.0 Å². The van der Waals surface area contributed by atoms with Gasteiger partial charge in [0.25, 0.3) is 0 Å². The molecule has 0 aliphatic rings. The highest BCUT2D eigenvalue weighted by atomic mass is 16.5. The van der Waals surface area contributed by atoms with Crippen LogP contribution >= 0.6 is 0 Å². The number of nitrogens with zero attached hydrogens (tertiary/aromatic N) is 1. The van der Waals surface area contributed by atoms with Crippen LogP contribution in [0.4, 0.5) is 0 Å². The van der Waals surface area contributed by atoms with E-state index < -0.39 is 17.4 Å². The molecule has 0 saturated carbocycles. The number of nitrogens with one attached hydrogen (secondary N) is 1. The van der Waals surface area contributed by atoms with E-state index in [1.807, 2.05) is 26.0 Å². The number of hydrogen-bond acceptors (Lipinski definition) is 4. The lowest BCUT2D eigenvalue weighted by Gasteiger charge is -2.20. The Labute approximate surface area is 122 Å². The molecule has 0 radical (unpaired) electrons. The van der Waals surface area contributed by atoms with Gasteiger partial charge in [-0.05, 0) is 44.9 Å². The summed E-state index contributed by atoms with van der Waals surface area (Å²) in [6, 6.07) is 3.88. The van der Waals surface area contributed by atoms with Crippen LogP contribution in [0.15, 0.2) is 16.7 Å². The molecule has 6 nitrogen and oxygen atoms in total. The molecule has 112 valence electrons. The van der Waals surface area contributed by atoms with Gasteiger partial charge in [-0.3, -0.25) is 4.79 Å². The molecule has 0 unspecified atom stereocenters. The number of aromatic nitrogens is 1. The number of carboxylic acids is 1. The van der Waals surface area contributed by atoms with Crippen LogP contribution in [0.5, 0.6) is 0 Å². The second-order valence-corrected chi connectivity index (χ2v) is 5.74. The van der Waals surface area contributed by atoms with Gasteiger partial charge in [0.1, 0.15) is 11.2 Å². The molecule has 0 atom stereocenters. The van der Waals surface area contributed by atoms with E-state index in [4.69, 9.17) is 9.63 Å². The SMILES string of the molecule is Cc1cc(C)c2onc(CC(=O)NC(C)(C)C(=O)O)c2c1. The van der Waals surface area contributed by atoms with Crippen molar-refractivity contribution in [1.82, 2.24) is 10.5 Å². The topological polar surface area (TPSA) is 92.4 Å². The first-order valence-electron chi connectivity index (χ1n) is 6.60. The van der Waals surface area contributed by atoms with Gasteiger partial charge in [-0.25, -0.2) is 4.79 Å². The summed E-state index contributed by atoms with van der Waals surface area (Å²) < 4.78 is 5.27. The van der Waals surface area contributed by atoms with Crippen molar-refractivity contribution in [2.45, 2.75) is 39.7 Å². The summed E-state index contributed by atoms with van der Waals surface area (Å²) in [6.45, 7) is 6.74. The normalized spacial score (nSPS) is 11.6. The van der Waals surface area contributed by atoms with Gasteiger partial charge in [-0.1, -0.05) is 11.2 Å². The Morgan fingerprint density at radius 2 is 2.00 bits per heavy atom. The number of benzene rings is 1. The molecule has 6 heteroatoms. The number of carbonyl (C=O) groups is 2. The molecule has 2 rings (SSSR count). The molecule has 0 bridgehead atoms. The predicted octanol–water partition coefficient (Wildman–Crippen LogP) is 1.97. The Morgan fingerprint density at radius 3 is 2.62 bits per heavy atom. The number of fused-ring (bicyclic) bond motifs is 1. The molecule has 0 aliphatic carbocycles. The Morgan fingerprint density at radius 1 is 1.33 bits per heavy atom. The number of hydrogen-bond donors (Lipinski definition) is 2. The molecule has 2 aromatic rings. The molecule has 21 heavy (non-hydrogen) atoms. The molecular weight excluding hydrogens is 272 g/mol. The van der Waals surface area contributed by atoms with Gasteiger partial charge in [-0.2, -0.15) is 0 Å². The lowest BCUT2D eigenvalue weighted by molar-refractivity contribution is -0.145. The average Bonchev–Trinajstić information content (AvgIpc) is 2.71. The van der Waals surface area contributed by atoms with Crippen LogP contribution in [-0.2, 0) is 16.0 Å². The van der Waals surface area contributed by atoms with Gasteiger partial charge >= 0.3 is 5.97 Å². The minimum atomic E-state index is -1.32. The van der Waals surface area contributed by atoms with Gasteiger partial charge in [-0.15, -0.1) is 0 Å². The van der Waals surface area contributed by atoms with Crippen molar-refractivity contribution in [3.8, 4) is 0 Å². The first-order chi connectivity index (χ1) is 9.70. The summed E-state index contributed by atoms with van der Waals surface area (Å²) in [5.74, 6) is -1.50. The fourth-order valence-corrected chi connectivity index (χ4v) is 2.17. The molecule has 1 heterocycles. The minimum Gasteiger partial charge on any atom is -0.480 e. The lowest BCUT2D eigenvalue weighted by Crippen LogP contribution is -2.50. The number of aryl methyl sites for hydroxylation is 2. The second-order valence-electron chi connectivity index (χ2n) is 5.74. The maximum absolute atomic E-state index is 12.0. The van der Waals surface area contributed by atoms with Crippen molar-refractivity contribution < 1.29 is 19.2 Å². The first-order valence-corrected chi connectivity index (χ1v) is 6.60. The Balaban J connectivity index is 2.25. The first kappa shape index (κ1) is 15.0. The Kier molecular flexibility index (Phi) is 3.72. The number of carboxylic acid groups (broad SMARTS) is 1. The molecule has 1 aromatic heterocycles. The summed E-state index contributed by atoms with van der Waals surface area (Å²) in [5.41, 5.74) is 1.85. The minimum absolute atomic E-state index is 0.0212. The highest BCUT2D eigenvalue weighted by Gasteiger charge is 2.29. The smallest absolute Gasteiger partial charge is 0.328 e. The zero-order valence-electron chi connectivity index (χ0n) is 12.5. The highest BCUT2D eigenvalue weighted by molar-refractivity contribution is 5.91. The second kappa shape index (κ2) is 5.20. The Hall–Kier alpha value is -2.37. The van der Waals surface area contributed by atoms with Crippen LogP contribution in [0, 0.1) is 13.8 Å². The van der Waals surface area contributed by atoms with Crippen LogP contribution in [0.1, 0.15) is 30.7 Å². The zero-order chi connectivity index (χ0) is 15.8. The quantitative estimate of drug-likeness (QED) is 0.898. The van der Waals surface area contributed by atoms with E-state index in [0.717, 1.165) is 16.5 Å². The molecule has 0 aliphatic heterocycles. The van der Waals surface area contributed by atoms with Crippen LogP contribution < -0.4 is 5.32 Å². The van der Waals surface area contributed by atoms with Gasteiger partial charge in [0.2, 0.25) is 5.91 Å². The summed E-state index contributed by atoms with van der Waals surface area (Å²) in [5, 5.41) is 16.2.